The first-order valence-electron chi connectivity index (χ1n) is 10.9. The highest BCUT2D eigenvalue weighted by atomic mass is 16.5. The van der Waals surface area contributed by atoms with Gasteiger partial charge in [0.1, 0.15) is 11.5 Å². The van der Waals surface area contributed by atoms with E-state index in [4.69, 9.17) is 14.0 Å². The van der Waals surface area contributed by atoms with Crippen LogP contribution < -0.4 is 9.47 Å². The minimum atomic E-state index is 0.139. The Morgan fingerprint density at radius 2 is 1.72 bits per heavy atom. The summed E-state index contributed by atoms with van der Waals surface area (Å²) in [5, 5.41) is 4.10. The molecule has 2 aromatic carbocycles. The molecule has 1 amide bonds. The second-order valence-electron chi connectivity index (χ2n) is 8.08. The Kier molecular flexibility index (Phi) is 8.25. The largest absolute Gasteiger partial charge is 0.497 e. The van der Waals surface area contributed by atoms with Crippen molar-refractivity contribution in [1.82, 2.24) is 15.0 Å². The van der Waals surface area contributed by atoms with Gasteiger partial charge in [-0.1, -0.05) is 49.3 Å². The first-order valence-corrected chi connectivity index (χ1v) is 10.9. The lowest BCUT2D eigenvalue weighted by molar-refractivity contribution is -0.131. The molecule has 0 unspecified atom stereocenters. The van der Waals surface area contributed by atoms with E-state index in [9.17, 15) is 4.79 Å². The number of aromatic nitrogens is 2. The molecule has 0 aliphatic carbocycles. The van der Waals surface area contributed by atoms with E-state index in [0.29, 0.717) is 55.1 Å². The van der Waals surface area contributed by atoms with Crippen LogP contribution in [-0.2, 0) is 17.6 Å². The molecule has 0 saturated heterocycles. The third-order valence-corrected chi connectivity index (χ3v) is 5.08. The van der Waals surface area contributed by atoms with Crippen LogP contribution in [0.3, 0.4) is 0 Å². The van der Waals surface area contributed by atoms with Crippen LogP contribution in [0.25, 0.3) is 11.4 Å². The lowest BCUT2D eigenvalue weighted by Crippen LogP contribution is -2.36. The summed E-state index contributed by atoms with van der Waals surface area (Å²) in [4.78, 5) is 19.3. The molecule has 0 saturated carbocycles. The SMILES string of the molecule is COc1cc(OC)cc(-c2noc(CCN(CC(C)C)C(=O)CCc3ccccc3)n2)c1. The molecule has 0 aliphatic heterocycles. The molecule has 3 rings (SSSR count). The maximum absolute atomic E-state index is 12.9. The number of methoxy groups -OCH3 is 2. The fraction of sp³-hybridized carbons (Fsp3) is 0.400. The monoisotopic (exact) mass is 437 g/mol. The molecule has 3 aromatic rings. The molecule has 0 fully saturated rings. The van der Waals surface area contributed by atoms with E-state index in [0.717, 1.165) is 12.0 Å². The third-order valence-electron chi connectivity index (χ3n) is 5.08. The fourth-order valence-corrected chi connectivity index (χ4v) is 3.45. The lowest BCUT2D eigenvalue weighted by Gasteiger charge is -2.24. The first-order chi connectivity index (χ1) is 15.5. The van der Waals surface area contributed by atoms with Crippen LogP contribution in [0, 0.1) is 5.92 Å². The van der Waals surface area contributed by atoms with Crippen molar-refractivity contribution in [1.29, 1.82) is 0 Å². The van der Waals surface area contributed by atoms with Gasteiger partial charge in [-0.2, -0.15) is 4.98 Å². The van der Waals surface area contributed by atoms with Crippen molar-refractivity contribution in [2.45, 2.75) is 33.1 Å². The fourth-order valence-electron chi connectivity index (χ4n) is 3.45. The van der Waals surface area contributed by atoms with Gasteiger partial charge < -0.3 is 18.9 Å². The number of hydrogen-bond acceptors (Lipinski definition) is 6. The zero-order valence-electron chi connectivity index (χ0n) is 19.2. The lowest BCUT2D eigenvalue weighted by atomic mass is 10.1. The quantitative estimate of drug-likeness (QED) is 0.442. The number of ether oxygens (including phenoxy) is 2. The van der Waals surface area contributed by atoms with Crippen molar-refractivity contribution in [3.05, 3.63) is 60.0 Å². The van der Waals surface area contributed by atoms with Crippen LogP contribution in [0.5, 0.6) is 11.5 Å². The number of benzene rings is 2. The molecule has 1 aromatic heterocycles. The van der Waals surface area contributed by atoms with Crippen molar-refractivity contribution in [3.8, 4) is 22.9 Å². The van der Waals surface area contributed by atoms with Crippen molar-refractivity contribution >= 4 is 5.91 Å². The van der Waals surface area contributed by atoms with Gasteiger partial charge in [0.05, 0.1) is 14.2 Å². The number of carbonyl (C=O) groups excluding carboxylic acids is 1. The standard InChI is InChI=1S/C25H31N3O4/c1-18(2)17-28(24(29)11-10-19-8-6-5-7-9-19)13-12-23-26-25(27-32-23)20-14-21(30-3)16-22(15-20)31-4/h5-9,14-16,18H,10-13,17H2,1-4H3. The van der Waals surface area contributed by atoms with Gasteiger partial charge in [-0.15, -0.1) is 0 Å². The maximum atomic E-state index is 12.9. The second-order valence-corrected chi connectivity index (χ2v) is 8.08. The average molecular weight is 438 g/mol. The van der Waals surface area contributed by atoms with E-state index in [2.05, 4.69) is 24.0 Å². The third kappa shape index (κ3) is 6.57. The molecule has 32 heavy (non-hydrogen) atoms. The minimum Gasteiger partial charge on any atom is -0.497 e. The summed E-state index contributed by atoms with van der Waals surface area (Å²) in [5.41, 5.74) is 1.91. The van der Waals surface area contributed by atoms with Gasteiger partial charge in [0.2, 0.25) is 17.6 Å². The number of nitrogens with zero attached hydrogens (tertiary/aromatic N) is 3. The Morgan fingerprint density at radius 1 is 1.03 bits per heavy atom. The Hall–Kier alpha value is -3.35. The molecule has 0 spiro atoms. The molecule has 0 atom stereocenters. The molecular formula is C25H31N3O4. The summed E-state index contributed by atoms with van der Waals surface area (Å²) in [6.07, 6.45) is 1.71. The van der Waals surface area contributed by atoms with Crippen molar-refractivity contribution < 1.29 is 18.8 Å². The Bertz CT molecular complexity index is 979. The predicted molar refractivity (Wildman–Crippen MR) is 123 cm³/mol. The Labute approximate surface area is 189 Å². The summed E-state index contributed by atoms with van der Waals surface area (Å²) < 4.78 is 16.1. The molecule has 0 aliphatic rings. The van der Waals surface area contributed by atoms with E-state index in [1.165, 1.54) is 5.56 Å². The molecule has 0 bridgehead atoms. The zero-order valence-corrected chi connectivity index (χ0v) is 19.2. The summed E-state index contributed by atoms with van der Waals surface area (Å²) >= 11 is 0. The minimum absolute atomic E-state index is 0.139. The van der Waals surface area contributed by atoms with E-state index >= 15 is 0 Å². The number of hydrogen-bond donors (Lipinski definition) is 0. The predicted octanol–water partition coefficient (Wildman–Crippen LogP) is 4.41. The highest BCUT2D eigenvalue weighted by molar-refractivity contribution is 5.76. The van der Waals surface area contributed by atoms with Gasteiger partial charge in [-0.05, 0) is 30.0 Å². The molecule has 0 radical (unpaired) electrons. The molecule has 1 heterocycles. The van der Waals surface area contributed by atoms with Gasteiger partial charge >= 0.3 is 0 Å². The highest BCUT2D eigenvalue weighted by Gasteiger charge is 2.17. The van der Waals surface area contributed by atoms with Crippen LogP contribution in [-0.4, -0.2) is 48.3 Å². The van der Waals surface area contributed by atoms with Crippen molar-refractivity contribution in [2.75, 3.05) is 27.3 Å². The van der Waals surface area contributed by atoms with Crippen molar-refractivity contribution in [3.63, 3.8) is 0 Å². The second kappa shape index (κ2) is 11.3. The average Bonchev–Trinajstić information content (AvgIpc) is 3.29. The van der Waals surface area contributed by atoms with Crippen LogP contribution in [0.1, 0.15) is 31.7 Å². The topological polar surface area (TPSA) is 77.7 Å². The molecule has 7 nitrogen and oxygen atoms in total. The highest BCUT2D eigenvalue weighted by Crippen LogP contribution is 2.28. The van der Waals surface area contributed by atoms with Crippen LogP contribution in [0.4, 0.5) is 0 Å². The van der Waals surface area contributed by atoms with E-state index in [1.54, 1.807) is 20.3 Å². The summed E-state index contributed by atoms with van der Waals surface area (Å²) in [6, 6.07) is 15.5. The van der Waals surface area contributed by atoms with Crippen molar-refractivity contribution in [2.24, 2.45) is 5.92 Å². The first kappa shape index (κ1) is 23.3. The number of aryl methyl sites for hydroxylation is 1. The van der Waals surface area contributed by atoms with Crippen LogP contribution in [0.2, 0.25) is 0 Å². The van der Waals surface area contributed by atoms with E-state index in [-0.39, 0.29) is 5.91 Å². The maximum Gasteiger partial charge on any atom is 0.228 e. The number of carbonyl (C=O) groups is 1. The number of amides is 1. The van der Waals surface area contributed by atoms with Gasteiger partial charge in [0.15, 0.2) is 0 Å². The van der Waals surface area contributed by atoms with Gasteiger partial charge in [-0.25, -0.2) is 0 Å². The van der Waals surface area contributed by atoms with Gasteiger partial charge in [0, 0.05) is 37.6 Å². The summed E-state index contributed by atoms with van der Waals surface area (Å²) in [6.45, 7) is 5.45. The van der Waals surface area contributed by atoms with E-state index in [1.807, 2.05) is 47.4 Å². The van der Waals surface area contributed by atoms with E-state index < -0.39 is 0 Å². The molecular weight excluding hydrogens is 406 g/mol. The van der Waals surface area contributed by atoms with Gasteiger partial charge in [-0.3, -0.25) is 4.79 Å². The summed E-state index contributed by atoms with van der Waals surface area (Å²) in [5.74, 6) is 2.77. The molecule has 170 valence electrons. The summed E-state index contributed by atoms with van der Waals surface area (Å²) in [7, 11) is 3.19. The number of rotatable bonds is 11. The Morgan fingerprint density at radius 3 is 2.34 bits per heavy atom. The zero-order chi connectivity index (χ0) is 22.9. The normalized spacial score (nSPS) is 10.9. The molecule has 0 N–H and O–H groups in total. The Balaban J connectivity index is 1.64. The smallest absolute Gasteiger partial charge is 0.228 e. The van der Waals surface area contributed by atoms with Gasteiger partial charge in [0.25, 0.3) is 0 Å². The van der Waals surface area contributed by atoms with Crippen LogP contribution in [0.15, 0.2) is 53.1 Å². The van der Waals surface area contributed by atoms with Crippen LogP contribution >= 0.6 is 0 Å². The molecule has 7 heteroatoms.